The molecule has 37 heavy (non-hydrogen) atoms. The number of likely N-dealkylation sites (tertiary alicyclic amines) is 2. The highest BCUT2D eigenvalue weighted by molar-refractivity contribution is 5.93. The van der Waals surface area contributed by atoms with Crippen LogP contribution in [0.4, 0.5) is 10.5 Å². The van der Waals surface area contributed by atoms with E-state index in [-0.39, 0.29) is 6.09 Å². The molecule has 3 aromatic rings. The number of hydrogen-bond donors (Lipinski definition) is 1. The third-order valence-corrected chi connectivity index (χ3v) is 7.43. The quantitative estimate of drug-likeness (QED) is 0.397. The molecule has 2 unspecified atom stereocenters. The molecule has 0 radical (unpaired) electrons. The van der Waals surface area contributed by atoms with Crippen molar-refractivity contribution in [2.75, 3.05) is 58.3 Å². The lowest BCUT2D eigenvalue weighted by molar-refractivity contribution is 0.0955. The minimum atomic E-state index is -0.141. The third kappa shape index (κ3) is 5.99. The maximum Gasteiger partial charge on any atom is 0.409 e. The molecule has 1 aromatic heterocycles. The fraction of sp³-hybridized carbons (Fsp3) is 0.467. The van der Waals surface area contributed by atoms with Gasteiger partial charge in [-0.1, -0.05) is 32.0 Å². The number of amides is 1. The van der Waals surface area contributed by atoms with E-state index in [4.69, 9.17) is 14.5 Å². The summed E-state index contributed by atoms with van der Waals surface area (Å²) < 4.78 is 10.7. The summed E-state index contributed by atoms with van der Waals surface area (Å²) in [6.45, 7) is 10.4. The Bertz CT molecular complexity index is 1200. The van der Waals surface area contributed by atoms with Gasteiger partial charge in [0.15, 0.2) is 0 Å². The van der Waals surface area contributed by atoms with E-state index in [1.807, 2.05) is 23.1 Å². The highest BCUT2D eigenvalue weighted by atomic mass is 16.6. The average molecular weight is 503 g/mol. The molecule has 5 rings (SSSR count). The number of rotatable bonds is 9. The molecule has 0 spiro atoms. The average Bonchev–Trinajstić information content (AvgIpc) is 3.49. The lowest BCUT2D eigenvalue weighted by atomic mass is 10.0. The van der Waals surface area contributed by atoms with Crippen molar-refractivity contribution in [1.82, 2.24) is 14.8 Å². The van der Waals surface area contributed by atoms with Gasteiger partial charge in [0.1, 0.15) is 5.75 Å². The number of aromatic nitrogens is 1. The largest absolute Gasteiger partial charge is 0.497 e. The van der Waals surface area contributed by atoms with E-state index in [0.29, 0.717) is 24.4 Å². The lowest BCUT2D eigenvalue weighted by Crippen LogP contribution is -2.34. The van der Waals surface area contributed by atoms with Crippen LogP contribution in [0.5, 0.6) is 5.75 Å². The number of pyridine rings is 1. The highest BCUT2D eigenvalue weighted by Gasteiger charge is 2.41. The van der Waals surface area contributed by atoms with E-state index in [9.17, 15) is 4.79 Å². The second kappa shape index (κ2) is 11.4. The van der Waals surface area contributed by atoms with E-state index in [1.54, 1.807) is 7.11 Å². The third-order valence-electron chi connectivity index (χ3n) is 7.43. The Kier molecular flexibility index (Phi) is 7.79. The summed E-state index contributed by atoms with van der Waals surface area (Å²) in [5, 5.41) is 4.82. The zero-order valence-electron chi connectivity index (χ0n) is 22.2. The summed E-state index contributed by atoms with van der Waals surface area (Å²) >= 11 is 0. The number of ether oxygens (including phenoxy) is 2. The molecule has 0 saturated carbocycles. The Labute approximate surface area is 219 Å². The second-order valence-corrected chi connectivity index (χ2v) is 10.7. The van der Waals surface area contributed by atoms with Crippen LogP contribution in [0.2, 0.25) is 0 Å². The number of anilines is 1. The number of carbonyl (C=O) groups is 1. The summed E-state index contributed by atoms with van der Waals surface area (Å²) in [7, 11) is 1.68. The summed E-state index contributed by atoms with van der Waals surface area (Å²) in [4.78, 5) is 21.7. The normalized spacial score (nSPS) is 19.4. The standard InChI is InChI=1S/C30H38N4O3/c1-21(2)20-37-30(35)34-18-23-16-33(17-24(23)19-34)14-6-13-31-29-15-28(22-9-11-25(36-3)12-10-22)32-27-8-5-4-7-26(27)29/h4-5,7-12,15,21,23-24H,6,13-14,16-20H2,1-3H3,(H,31,32). The first-order chi connectivity index (χ1) is 18.0. The number of benzene rings is 2. The Morgan fingerprint density at radius 1 is 1.05 bits per heavy atom. The van der Waals surface area contributed by atoms with Gasteiger partial charge in [-0.25, -0.2) is 9.78 Å². The van der Waals surface area contributed by atoms with Crippen molar-refractivity contribution in [1.29, 1.82) is 0 Å². The number of hydrogen-bond acceptors (Lipinski definition) is 6. The number of para-hydroxylation sites is 1. The fourth-order valence-electron chi connectivity index (χ4n) is 5.51. The monoisotopic (exact) mass is 502 g/mol. The van der Waals surface area contributed by atoms with Gasteiger partial charge in [0.2, 0.25) is 0 Å². The van der Waals surface area contributed by atoms with Crippen molar-refractivity contribution < 1.29 is 14.3 Å². The molecule has 2 fully saturated rings. The molecule has 1 N–H and O–H groups in total. The van der Waals surface area contributed by atoms with Gasteiger partial charge in [-0.05, 0) is 67.1 Å². The SMILES string of the molecule is COc1ccc(-c2cc(NCCCN3CC4CN(C(=O)OCC(C)C)CC4C3)c3ccccc3n2)cc1. The van der Waals surface area contributed by atoms with Crippen molar-refractivity contribution in [2.24, 2.45) is 17.8 Å². The molecule has 7 heteroatoms. The van der Waals surface area contributed by atoms with Crippen molar-refractivity contribution >= 4 is 22.7 Å². The molecule has 2 aliphatic heterocycles. The van der Waals surface area contributed by atoms with E-state index >= 15 is 0 Å². The molecule has 3 heterocycles. The first-order valence-corrected chi connectivity index (χ1v) is 13.4. The second-order valence-electron chi connectivity index (χ2n) is 10.7. The maximum atomic E-state index is 12.3. The van der Waals surface area contributed by atoms with Gasteiger partial charge in [0, 0.05) is 49.4 Å². The Morgan fingerprint density at radius 3 is 2.49 bits per heavy atom. The number of nitrogens with zero attached hydrogens (tertiary/aromatic N) is 3. The fourth-order valence-corrected chi connectivity index (χ4v) is 5.51. The van der Waals surface area contributed by atoms with Gasteiger partial charge in [-0.2, -0.15) is 0 Å². The van der Waals surface area contributed by atoms with E-state index in [2.05, 4.69) is 60.5 Å². The molecule has 7 nitrogen and oxygen atoms in total. The van der Waals surface area contributed by atoms with E-state index in [0.717, 1.165) is 79.3 Å². The molecular formula is C30H38N4O3. The van der Waals surface area contributed by atoms with E-state index in [1.165, 1.54) is 0 Å². The number of fused-ring (bicyclic) bond motifs is 2. The van der Waals surface area contributed by atoms with Gasteiger partial charge >= 0.3 is 6.09 Å². The Balaban J connectivity index is 1.14. The molecule has 2 aliphatic rings. The Hall–Kier alpha value is -3.32. The van der Waals surface area contributed by atoms with Crippen molar-refractivity contribution in [2.45, 2.75) is 20.3 Å². The Morgan fingerprint density at radius 2 is 1.78 bits per heavy atom. The first kappa shape index (κ1) is 25.3. The zero-order valence-corrected chi connectivity index (χ0v) is 22.2. The topological polar surface area (TPSA) is 66.9 Å². The van der Waals surface area contributed by atoms with Crippen LogP contribution in [0.3, 0.4) is 0 Å². The molecule has 2 atom stereocenters. The smallest absolute Gasteiger partial charge is 0.409 e. The molecular weight excluding hydrogens is 464 g/mol. The summed E-state index contributed by atoms with van der Waals surface area (Å²) in [5.74, 6) is 2.34. The summed E-state index contributed by atoms with van der Waals surface area (Å²) in [6, 6.07) is 18.5. The van der Waals surface area contributed by atoms with Gasteiger partial charge < -0.3 is 24.6 Å². The van der Waals surface area contributed by atoms with Gasteiger partial charge in [0.05, 0.1) is 24.9 Å². The number of methoxy groups -OCH3 is 1. The highest BCUT2D eigenvalue weighted by Crippen LogP contribution is 2.32. The minimum absolute atomic E-state index is 0.141. The van der Waals surface area contributed by atoms with Crippen molar-refractivity contribution in [3.8, 4) is 17.0 Å². The van der Waals surface area contributed by atoms with E-state index < -0.39 is 0 Å². The van der Waals surface area contributed by atoms with Gasteiger partial charge in [-0.3, -0.25) is 0 Å². The molecule has 0 aliphatic carbocycles. The van der Waals surface area contributed by atoms with Crippen molar-refractivity contribution in [3.05, 3.63) is 54.6 Å². The first-order valence-electron chi connectivity index (χ1n) is 13.4. The molecule has 2 saturated heterocycles. The van der Waals surface area contributed by atoms with Crippen LogP contribution in [0.25, 0.3) is 22.2 Å². The predicted molar refractivity (Wildman–Crippen MR) is 148 cm³/mol. The zero-order chi connectivity index (χ0) is 25.8. The van der Waals surface area contributed by atoms with Crippen LogP contribution < -0.4 is 10.1 Å². The van der Waals surface area contributed by atoms with Crippen LogP contribution in [0.1, 0.15) is 20.3 Å². The predicted octanol–water partition coefficient (Wildman–Crippen LogP) is 5.37. The van der Waals surface area contributed by atoms with Crippen LogP contribution >= 0.6 is 0 Å². The van der Waals surface area contributed by atoms with Gasteiger partial charge in [-0.15, -0.1) is 0 Å². The number of carbonyl (C=O) groups excluding carboxylic acids is 1. The van der Waals surface area contributed by atoms with Crippen molar-refractivity contribution in [3.63, 3.8) is 0 Å². The van der Waals surface area contributed by atoms with Crippen LogP contribution in [-0.4, -0.2) is 73.9 Å². The van der Waals surface area contributed by atoms with Crippen LogP contribution in [0.15, 0.2) is 54.6 Å². The summed E-state index contributed by atoms with van der Waals surface area (Å²) in [6.07, 6.45) is 0.922. The molecule has 0 bridgehead atoms. The molecule has 2 aromatic carbocycles. The van der Waals surface area contributed by atoms with Gasteiger partial charge in [0.25, 0.3) is 0 Å². The number of nitrogens with one attached hydrogen (secondary N) is 1. The molecule has 196 valence electrons. The maximum absolute atomic E-state index is 12.3. The minimum Gasteiger partial charge on any atom is -0.497 e. The van der Waals surface area contributed by atoms with Crippen LogP contribution in [0, 0.1) is 17.8 Å². The lowest BCUT2D eigenvalue weighted by Gasteiger charge is -2.22. The summed E-state index contributed by atoms with van der Waals surface area (Å²) in [5.41, 5.74) is 4.13. The van der Waals surface area contributed by atoms with Crippen LogP contribution in [-0.2, 0) is 4.74 Å². The molecule has 1 amide bonds.